The molecule has 1 aliphatic heterocycles. The first-order chi connectivity index (χ1) is 6.79. The zero-order valence-corrected chi connectivity index (χ0v) is 8.37. The fourth-order valence-electron chi connectivity index (χ4n) is 1.32. The van der Waals surface area contributed by atoms with Gasteiger partial charge in [0.2, 0.25) is 5.90 Å². The van der Waals surface area contributed by atoms with E-state index in [0.29, 0.717) is 24.0 Å². The van der Waals surface area contributed by atoms with E-state index in [1.807, 2.05) is 24.3 Å². The van der Waals surface area contributed by atoms with E-state index in [4.69, 9.17) is 22.1 Å². The third-order valence-electron chi connectivity index (χ3n) is 2.05. The number of ether oxygens (including phenoxy) is 1. The van der Waals surface area contributed by atoms with Crippen LogP contribution in [0.5, 0.6) is 0 Å². The molecular formula is C10H11ClN2O. The summed E-state index contributed by atoms with van der Waals surface area (Å²) in [5, 5.41) is 0.685. The van der Waals surface area contributed by atoms with Crippen LogP contribution >= 0.6 is 11.6 Å². The van der Waals surface area contributed by atoms with Crippen LogP contribution in [0.4, 0.5) is 0 Å². The van der Waals surface area contributed by atoms with Crippen LogP contribution in [0.1, 0.15) is 5.56 Å². The maximum atomic E-state index is 5.86. The van der Waals surface area contributed by atoms with Gasteiger partial charge in [-0.2, -0.15) is 0 Å². The number of rotatable bonds is 2. The third-order valence-corrected chi connectivity index (χ3v) is 2.29. The summed E-state index contributed by atoms with van der Waals surface area (Å²) in [6, 6.07) is 7.45. The molecular weight excluding hydrogens is 200 g/mol. The van der Waals surface area contributed by atoms with Crippen LogP contribution in [0.3, 0.4) is 0 Å². The third kappa shape index (κ3) is 1.89. The number of benzene rings is 1. The van der Waals surface area contributed by atoms with Crippen LogP contribution in [-0.2, 0) is 4.74 Å². The number of hydrogen-bond donors (Lipinski definition) is 1. The van der Waals surface area contributed by atoms with Gasteiger partial charge >= 0.3 is 0 Å². The molecule has 0 amide bonds. The van der Waals surface area contributed by atoms with Crippen molar-refractivity contribution in [1.82, 2.24) is 0 Å². The molecule has 74 valence electrons. The average molecular weight is 211 g/mol. The van der Waals surface area contributed by atoms with Crippen molar-refractivity contribution in [2.75, 3.05) is 13.1 Å². The van der Waals surface area contributed by atoms with E-state index < -0.39 is 0 Å². The molecule has 1 heterocycles. The second kappa shape index (κ2) is 3.98. The topological polar surface area (TPSA) is 47.6 Å². The second-order valence-electron chi connectivity index (χ2n) is 3.13. The maximum Gasteiger partial charge on any atom is 0.216 e. The van der Waals surface area contributed by atoms with Gasteiger partial charge in [0.1, 0.15) is 6.10 Å². The van der Waals surface area contributed by atoms with Gasteiger partial charge in [0, 0.05) is 17.1 Å². The highest BCUT2D eigenvalue weighted by molar-refractivity contribution is 6.30. The molecule has 0 saturated carbocycles. The van der Waals surface area contributed by atoms with Crippen molar-refractivity contribution >= 4 is 17.5 Å². The highest BCUT2D eigenvalue weighted by Gasteiger charge is 2.19. The number of nitrogens with zero attached hydrogens (tertiary/aromatic N) is 1. The fourth-order valence-corrected chi connectivity index (χ4v) is 1.51. The monoisotopic (exact) mass is 210 g/mol. The molecule has 1 aromatic rings. The van der Waals surface area contributed by atoms with Crippen molar-refractivity contribution in [3.8, 4) is 0 Å². The van der Waals surface area contributed by atoms with E-state index in [9.17, 15) is 0 Å². The quantitative estimate of drug-likeness (QED) is 0.803. The van der Waals surface area contributed by atoms with Gasteiger partial charge in [0.25, 0.3) is 0 Å². The van der Waals surface area contributed by atoms with Gasteiger partial charge in [0.15, 0.2) is 0 Å². The van der Waals surface area contributed by atoms with E-state index in [1.165, 1.54) is 0 Å². The number of aliphatic imine (C=N–C) groups is 1. The smallest absolute Gasteiger partial charge is 0.216 e. The summed E-state index contributed by atoms with van der Waals surface area (Å²) in [7, 11) is 0. The SMILES string of the molecule is NCC1CN=C(c2cccc(Cl)c2)O1. The predicted octanol–water partition coefficient (Wildman–Crippen LogP) is 1.44. The van der Waals surface area contributed by atoms with Crippen molar-refractivity contribution < 1.29 is 4.74 Å². The van der Waals surface area contributed by atoms with E-state index in [0.717, 1.165) is 5.56 Å². The Balaban J connectivity index is 2.17. The van der Waals surface area contributed by atoms with Crippen LogP contribution in [0, 0.1) is 0 Å². The molecule has 4 heteroatoms. The van der Waals surface area contributed by atoms with Crippen LogP contribution in [0.15, 0.2) is 29.3 Å². The summed E-state index contributed by atoms with van der Waals surface area (Å²) in [5.41, 5.74) is 6.39. The molecule has 2 N–H and O–H groups in total. The molecule has 0 fully saturated rings. The molecule has 14 heavy (non-hydrogen) atoms. The Labute approximate surface area is 87.5 Å². The van der Waals surface area contributed by atoms with Crippen molar-refractivity contribution in [2.45, 2.75) is 6.10 Å². The number of nitrogens with two attached hydrogens (primary N) is 1. The molecule has 0 radical (unpaired) electrons. The minimum Gasteiger partial charge on any atom is -0.471 e. The standard InChI is InChI=1S/C10H11ClN2O/c11-8-3-1-2-7(4-8)10-13-6-9(5-12)14-10/h1-4,9H,5-6,12H2. The first-order valence-corrected chi connectivity index (χ1v) is 4.84. The Hall–Kier alpha value is -1.06. The zero-order chi connectivity index (χ0) is 9.97. The molecule has 1 atom stereocenters. The van der Waals surface area contributed by atoms with E-state index in [2.05, 4.69) is 4.99 Å². The highest BCUT2D eigenvalue weighted by atomic mass is 35.5. The van der Waals surface area contributed by atoms with Gasteiger partial charge in [-0.3, -0.25) is 0 Å². The Morgan fingerprint density at radius 2 is 2.43 bits per heavy atom. The van der Waals surface area contributed by atoms with Gasteiger partial charge < -0.3 is 10.5 Å². The highest BCUT2D eigenvalue weighted by Crippen LogP contribution is 2.15. The van der Waals surface area contributed by atoms with Gasteiger partial charge in [-0.15, -0.1) is 0 Å². The van der Waals surface area contributed by atoms with Crippen LogP contribution in [0.25, 0.3) is 0 Å². The van der Waals surface area contributed by atoms with Crippen molar-refractivity contribution in [3.63, 3.8) is 0 Å². The summed E-state index contributed by atoms with van der Waals surface area (Å²) < 4.78 is 5.52. The second-order valence-corrected chi connectivity index (χ2v) is 3.57. The van der Waals surface area contributed by atoms with Crippen molar-refractivity contribution in [3.05, 3.63) is 34.9 Å². The van der Waals surface area contributed by atoms with Crippen molar-refractivity contribution in [1.29, 1.82) is 0 Å². The first-order valence-electron chi connectivity index (χ1n) is 4.46. The van der Waals surface area contributed by atoms with Gasteiger partial charge in [-0.05, 0) is 18.2 Å². The molecule has 0 saturated heterocycles. The summed E-state index contributed by atoms with van der Waals surface area (Å²) in [6.07, 6.45) is 0.0176. The summed E-state index contributed by atoms with van der Waals surface area (Å²) >= 11 is 5.86. The molecule has 0 aromatic heterocycles. The van der Waals surface area contributed by atoms with Crippen molar-refractivity contribution in [2.24, 2.45) is 10.7 Å². The Kier molecular flexibility index (Phi) is 2.70. The summed E-state index contributed by atoms with van der Waals surface area (Å²) in [4.78, 5) is 4.26. The van der Waals surface area contributed by atoms with Gasteiger partial charge in [-0.1, -0.05) is 17.7 Å². The van der Waals surface area contributed by atoms with Crippen LogP contribution < -0.4 is 5.73 Å². The lowest BCUT2D eigenvalue weighted by molar-refractivity contribution is 0.233. The van der Waals surface area contributed by atoms with Crippen LogP contribution in [0.2, 0.25) is 5.02 Å². The maximum absolute atomic E-state index is 5.86. The summed E-state index contributed by atoms with van der Waals surface area (Å²) in [6.45, 7) is 1.13. The van der Waals surface area contributed by atoms with E-state index in [1.54, 1.807) is 0 Å². The fraction of sp³-hybridized carbons (Fsp3) is 0.300. The lowest BCUT2D eigenvalue weighted by atomic mass is 10.2. The minimum absolute atomic E-state index is 0.0176. The first kappa shape index (κ1) is 9.49. The van der Waals surface area contributed by atoms with E-state index in [-0.39, 0.29) is 6.10 Å². The predicted molar refractivity (Wildman–Crippen MR) is 56.8 cm³/mol. The molecule has 0 bridgehead atoms. The Morgan fingerprint density at radius 1 is 1.57 bits per heavy atom. The summed E-state index contributed by atoms with van der Waals surface area (Å²) in [5.74, 6) is 0.642. The van der Waals surface area contributed by atoms with E-state index >= 15 is 0 Å². The largest absolute Gasteiger partial charge is 0.471 e. The normalized spacial score (nSPS) is 20.4. The molecule has 1 unspecified atom stereocenters. The number of hydrogen-bond acceptors (Lipinski definition) is 3. The van der Waals surface area contributed by atoms with Gasteiger partial charge in [-0.25, -0.2) is 4.99 Å². The Bertz CT molecular complexity index is 365. The molecule has 1 aliphatic rings. The van der Waals surface area contributed by atoms with Gasteiger partial charge in [0.05, 0.1) is 6.54 Å². The zero-order valence-electron chi connectivity index (χ0n) is 7.61. The minimum atomic E-state index is 0.0176. The molecule has 0 aliphatic carbocycles. The lowest BCUT2D eigenvalue weighted by Gasteiger charge is -2.08. The molecule has 2 rings (SSSR count). The molecule has 0 spiro atoms. The number of halogens is 1. The lowest BCUT2D eigenvalue weighted by Crippen LogP contribution is -2.23. The molecule has 3 nitrogen and oxygen atoms in total. The Morgan fingerprint density at radius 3 is 3.07 bits per heavy atom. The molecule has 1 aromatic carbocycles. The average Bonchev–Trinajstić information content (AvgIpc) is 2.66. The van der Waals surface area contributed by atoms with Crippen LogP contribution in [-0.4, -0.2) is 25.1 Å².